The summed E-state index contributed by atoms with van der Waals surface area (Å²) in [4.78, 5) is 16.7. The molecule has 0 aliphatic carbocycles. The van der Waals surface area contributed by atoms with Crippen molar-refractivity contribution < 1.29 is 8.95 Å². The van der Waals surface area contributed by atoms with Crippen LogP contribution in [0.1, 0.15) is 26.7 Å². The van der Waals surface area contributed by atoms with Crippen LogP contribution in [0.25, 0.3) is 22.2 Å². The first-order chi connectivity index (χ1) is 21.4. The minimum atomic E-state index is -1.20. The number of likely N-dealkylation sites (N-methyl/N-ethyl adjacent to an activating group) is 1. The van der Waals surface area contributed by atoms with Crippen molar-refractivity contribution in [2.45, 2.75) is 32.7 Å². The molecule has 12 heteroatoms. The fourth-order valence-electron chi connectivity index (χ4n) is 6.20. The van der Waals surface area contributed by atoms with Crippen LogP contribution in [-0.4, -0.2) is 92.7 Å². The summed E-state index contributed by atoms with van der Waals surface area (Å²) in [5.41, 5.74) is 3.86. The molecular formula is C32H39Cl2N7O2S. The average Bonchev–Trinajstić information content (AvgIpc) is 3.43. The lowest BCUT2D eigenvalue weighted by Crippen LogP contribution is -2.52. The van der Waals surface area contributed by atoms with E-state index in [0.717, 1.165) is 74.3 Å². The second kappa shape index (κ2) is 13.6. The van der Waals surface area contributed by atoms with Gasteiger partial charge in [-0.05, 0) is 38.9 Å². The number of nitrogens with one attached hydrogen (secondary N) is 1. The summed E-state index contributed by atoms with van der Waals surface area (Å²) >= 11 is 13.6. The van der Waals surface area contributed by atoms with Crippen molar-refractivity contribution in [3.05, 3.63) is 58.8 Å². The Bertz CT molecular complexity index is 1650. The molecule has 1 atom stereocenters. The van der Waals surface area contributed by atoms with Crippen LogP contribution in [0, 0.1) is 0 Å². The van der Waals surface area contributed by atoms with Crippen molar-refractivity contribution in [1.82, 2.24) is 23.7 Å². The Labute approximate surface area is 271 Å². The zero-order chi connectivity index (χ0) is 30.8. The van der Waals surface area contributed by atoms with E-state index >= 15 is 0 Å². The van der Waals surface area contributed by atoms with Gasteiger partial charge in [-0.3, -0.25) is 8.87 Å². The number of piperazine rings is 1. The van der Waals surface area contributed by atoms with E-state index in [1.165, 1.54) is 0 Å². The smallest absolute Gasteiger partial charge is 0.227 e. The maximum absolute atomic E-state index is 12.8. The summed E-state index contributed by atoms with van der Waals surface area (Å²) in [6, 6.07) is 12.4. The van der Waals surface area contributed by atoms with Crippen LogP contribution in [0.4, 0.5) is 17.3 Å². The lowest BCUT2D eigenvalue weighted by atomic mass is 10.0. The van der Waals surface area contributed by atoms with Crippen molar-refractivity contribution >= 4 is 62.4 Å². The molecular weight excluding hydrogens is 617 g/mol. The predicted molar refractivity (Wildman–Crippen MR) is 182 cm³/mol. The maximum Gasteiger partial charge on any atom is 0.227 e. The van der Waals surface area contributed by atoms with Gasteiger partial charge in [0.05, 0.1) is 45.4 Å². The Balaban J connectivity index is 1.25. The lowest BCUT2D eigenvalue weighted by Gasteiger charge is -2.42. The molecule has 2 aliphatic heterocycles. The van der Waals surface area contributed by atoms with Gasteiger partial charge in [-0.25, -0.2) is 14.2 Å². The van der Waals surface area contributed by atoms with E-state index in [9.17, 15) is 4.21 Å². The quantitative estimate of drug-likeness (QED) is 0.225. The van der Waals surface area contributed by atoms with Crippen molar-refractivity contribution in [2.24, 2.45) is 0 Å². The van der Waals surface area contributed by atoms with E-state index in [-0.39, 0.29) is 0 Å². The predicted octanol–water partition coefficient (Wildman–Crippen LogP) is 6.30. The fourth-order valence-corrected chi connectivity index (χ4v) is 7.56. The van der Waals surface area contributed by atoms with Gasteiger partial charge in [0, 0.05) is 74.3 Å². The highest BCUT2D eigenvalue weighted by Gasteiger charge is 2.28. The second-order valence-electron chi connectivity index (χ2n) is 11.3. The molecule has 1 N–H and O–H groups in total. The van der Waals surface area contributed by atoms with Crippen LogP contribution in [0.3, 0.4) is 0 Å². The molecule has 2 aromatic carbocycles. The Morgan fingerprint density at radius 1 is 1.02 bits per heavy atom. The third-order valence-corrected chi connectivity index (χ3v) is 10.4. The second-order valence-corrected chi connectivity index (χ2v) is 13.7. The summed E-state index contributed by atoms with van der Waals surface area (Å²) in [6.45, 7) is 10.8. The number of piperidine rings is 1. The molecule has 0 amide bonds. The number of rotatable bonds is 9. The molecule has 2 saturated heterocycles. The molecule has 4 heterocycles. The van der Waals surface area contributed by atoms with E-state index < -0.39 is 11.0 Å². The SMILES string of the molecule is CCOc1cc(N2CCC(N3CCN(C)CC3)CC2)c(Cl)cc1Nc1ncc(Cl)c(-c2cn(S(=O)CC)c3ccccc23)n1. The number of hydrogen-bond donors (Lipinski definition) is 1. The highest BCUT2D eigenvalue weighted by atomic mass is 35.5. The van der Waals surface area contributed by atoms with E-state index in [1.54, 1.807) is 10.2 Å². The van der Waals surface area contributed by atoms with Crippen LogP contribution in [0.2, 0.25) is 10.0 Å². The molecule has 0 bridgehead atoms. The van der Waals surface area contributed by atoms with Crippen LogP contribution in [0.15, 0.2) is 48.8 Å². The normalized spacial score (nSPS) is 17.7. The standard InChI is InChI=1S/C32H39Cl2N7O2S/c1-4-43-30-19-29(40-12-10-22(11-13-40)39-16-14-38(3)15-17-39)25(33)18-27(30)36-32-35-20-26(34)31(37-32)24-21-41(44(42)5-2)28-9-7-6-8-23(24)28/h6-9,18-22H,4-5,10-17H2,1-3H3,(H,35,36,37). The summed E-state index contributed by atoms with van der Waals surface area (Å²) in [5.74, 6) is 1.53. The maximum atomic E-state index is 12.8. The summed E-state index contributed by atoms with van der Waals surface area (Å²) < 4.78 is 20.7. The van der Waals surface area contributed by atoms with E-state index in [4.69, 9.17) is 32.9 Å². The first-order valence-electron chi connectivity index (χ1n) is 15.3. The Kier molecular flexibility index (Phi) is 9.63. The number of ether oxygens (including phenoxy) is 1. The summed E-state index contributed by atoms with van der Waals surface area (Å²) in [5, 5.41) is 5.29. The Morgan fingerprint density at radius 3 is 2.50 bits per heavy atom. The Morgan fingerprint density at radius 2 is 1.77 bits per heavy atom. The number of halogens is 2. The van der Waals surface area contributed by atoms with Gasteiger partial charge in [-0.2, -0.15) is 0 Å². The minimum absolute atomic E-state index is 0.357. The molecule has 44 heavy (non-hydrogen) atoms. The molecule has 0 radical (unpaired) electrons. The number of fused-ring (bicyclic) bond motifs is 1. The molecule has 4 aromatic rings. The van der Waals surface area contributed by atoms with Crippen molar-refractivity contribution in [3.8, 4) is 17.0 Å². The Hall–Kier alpha value is -2.89. The lowest BCUT2D eigenvalue weighted by molar-refractivity contribution is 0.0982. The summed E-state index contributed by atoms with van der Waals surface area (Å²) in [7, 11) is 0.996. The van der Waals surface area contributed by atoms with Crippen molar-refractivity contribution in [3.63, 3.8) is 0 Å². The van der Waals surface area contributed by atoms with Crippen LogP contribution in [0.5, 0.6) is 5.75 Å². The largest absolute Gasteiger partial charge is 0.492 e. The minimum Gasteiger partial charge on any atom is -0.492 e. The van der Waals surface area contributed by atoms with Crippen LogP contribution >= 0.6 is 23.2 Å². The van der Waals surface area contributed by atoms with Crippen molar-refractivity contribution in [2.75, 3.05) is 68.9 Å². The number of para-hydroxylation sites is 1. The number of anilines is 3. The number of aromatic nitrogens is 3. The first kappa shape index (κ1) is 31.1. The van der Waals surface area contributed by atoms with Gasteiger partial charge in [-0.1, -0.05) is 48.3 Å². The zero-order valence-electron chi connectivity index (χ0n) is 25.4. The molecule has 6 rings (SSSR count). The van der Waals surface area contributed by atoms with Gasteiger partial charge in [0.15, 0.2) is 0 Å². The fraction of sp³-hybridized carbons (Fsp3) is 0.438. The van der Waals surface area contributed by atoms with Gasteiger partial charge in [0.2, 0.25) is 5.95 Å². The molecule has 2 aliphatic rings. The average molecular weight is 657 g/mol. The van der Waals surface area contributed by atoms with Crippen molar-refractivity contribution in [1.29, 1.82) is 0 Å². The third kappa shape index (κ3) is 6.41. The molecule has 2 aromatic heterocycles. The zero-order valence-corrected chi connectivity index (χ0v) is 27.8. The van der Waals surface area contributed by atoms with Crippen LogP contribution in [-0.2, 0) is 11.0 Å². The molecule has 9 nitrogen and oxygen atoms in total. The van der Waals surface area contributed by atoms with E-state index in [1.807, 2.05) is 56.4 Å². The first-order valence-corrected chi connectivity index (χ1v) is 17.3. The molecule has 0 saturated carbocycles. The molecule has 2 fully saturated rings. The number of hydrogen-bond acceptors (Lipinski definition) is 8. The topological polar surface area (TPSA) is 78.8 Å². The van der Waals surface area contributed by atoms with Gasteiger partial charge in [0.25, 0.3) is 0 Å². The molecule has 234 valence electrons. The number of nitrogens with zero attached hydrogens (tertiary/aromatic N) is 6. The summed E-state index contributed by atoms with van der Waals surface area (Å²) in [6.07, 6.45) is 5.67. The van der Waals surface area contributed by atoms with E-state index in [2.05, 4.69) is 32.0 Å². The monoisotopic (exact) mass is 655 g/mol. The molecule has 0 spiro atoms. The van der Waals surface area contributed by atoms with Gasteiger partial charge < -0.3 is 19.9 Å². The molecule has 1 unspecified atom stereocenters. The third-order valence-electron chi connectivity index (χ3n) is 8.60. The van der Waals surface area contributed by atoms with Crippen LogP contribution < -0.4 is 15.0 Å². The number of benzene rings is 2. The van der Waals surface area contributed by atoms with Gasteiger partial charge >= 0.3 is 0 Å². The van der Waals surface area contributed by atoms with Gasteiger partial charge in [0.1, 0.15) is 16.7 Å². The van der Waals surface area contributed by atoms with Gasteiger partial charge in [-0.15, -0.1) is 0 Å². The highest BCUT2D eigenvalue weighted by Crippen LogP contribution is 2.40. The highest BCUT2D eigenvalue weighted by molar-refractivity contribution is 7.83. The van der Waals surface area contributed by atoms with E-state index in [0.29, 0.717) is 51.5 Å².